The highest BCUT2D eigenvalue weighted by molar-refractivity contribution is 5.56. The van der Waals surface area contributed by atoms with Crippen LogP contribution in [0, 0.1) is 0 Å². The molecule has 1 fully saturated rings. The van der Waals surface area contributed by atoms with Crippen molar-refractivity contribution in [1.29, 1.82) is 0 Å². The van der Waals surface area contributed by atoms with Gasteiger partial charge in [0, 0.05) is 6.61 Å². The average Bonchev–Trinajstić information content (AvgIpc) is 2.56. The van der Waals surface area contributed by atoms with Gasteiger partial charge in [-0.2, -0.15) is 0 Å². The summed E-state index contributed by atoms with van der Waals surface area (Å²) in [4.78, 5) is 9.88. The molecule has 0 radical (unpaired) electrons. The van der Waals surface area contributed by atoms with E-state index in [1.807, 2.05) is 26.0 Å². The Kier molecular flexibility index (Phi) is 7.05. The first-order valence-corrected chi connectivity index (χ1v) is 3.99. The van der Waals surface area contributed by atoms with Crippen molar-refractivity contribution in [2.45, 2.75) is 32.8 Å². The normalized spacial score (nSPS) is 22.9. The number of allylic oxidation sites excluding steroid dienone is 2. The summed E-state index contributed by atoms with van der Waals surface area (Å²) in [5, 5.41) is 0. The molecule has 0 aromatic heterocycles. The summed E-state index contributed by atoms with van der Waals surface area (Å²) in [6.07, 6.45) is 6.75. The summed E-state index contributed by atoms with van der Waals surface area (Å²) >= 11 is 0. The third-order valence-corrected chi connectivity index (χ3v) is 1.45. The Morgan fingerprint density at radius 3 is 2.18 bits per heavy atom. The van der Waals surface area contributed by atoms with Gasteiger partial charge in [-0.15, -0.1) is 0 Å². The first-order valence-electron chi connectivity index (χ1n) is 3.99. The lowest BCUT2D eigenvalue weighted by atomic mass is 10.3. The second kappa shape index (κ2) is 7.48. The third kappa shape index (κ3) is 5.80. The molecule has 1 atom stereocenters. The van der Waals surface area contributed by atoms with Crippen LogP contribution in [0.5, 0.6) is 0 Å². The lowest BCUT2D eigenvalue weighted by Crippen LogP contribution is -2.04. The molecule has 1 saturated heterocycles. The molecule has 64 valence electrons. The van der Waals surface area contributed by atoms with Crippen molar-refractivity contribution in [3.63, 3.8) is 0 Å². The second-order valence-corrected chi connectivity index (χ2v) is 2.35. The zero-order chi connectivity index (χ0) is 8.53. The first-order chi connectivity index (χ1) is 5.35. The highest BCUT2D eigenvalue weighted by Gasteiger charge is 2.12. The molecule has 0 aromatic rings. The maximum absolute atomic E-state index is 9.88. The van der Waals surface area contributed by atoms with Crippen molar-refractivity contribution in [1.82, 2.24) is 0 Å². The highest BCUT2D eigenvalue weighted by atomic mass is 16.5. The summed E-state index contributed by atoms with van der Waals surface area (Å²) in [6.45, 7) is 4.77. The Labute approximate surface area is 68.2 Å². The van der Waals surface area contributed by atoms with Gasteiger partial charge in [-0.3, -0.25) is 0 Å². The minimum Gasteiger partial charge on any atom is -0.371 e. The van der Waals surface area contributed by atoms with Gasteiger partial charge in [0.25, 0.3) is 0 Å². The van der Waals surface area contributed by atoms with Crippen LogP contribution < -0.4 is 0 Å². The van der Waals surface area contributed by atoms with Gasteiger partial charge in [-0.05, 0) is 26.7 Å². The molecule has 2 heteroatoms. The van der Waals surface area contributed by atoms with E-state index in [0.717, 1.165) is 25.7 Å². The van der Waals surface area contributed by atoms with Gasteiger partial charge >= 0.3 is 0 Å². The predicted molar refractivity (Wildman–Crippen MR) is 45.5 cm³/mol. The van der Waals surface area contributed by atoms with E-state index in [2.05, 4.69) is 0 Å². The van der Waals surface area contributed by atoms with E-state index in [1.54, 1.807) is 0 Å². The molecule has 0 saturated carbocycles. The van der Waals surface area contributed by atoms with Crippen molar-refractivity contribution in [3.8, 4) is 0 Å². The van der Waals surface area contributed by atoms with Gasteiger partial charge in [0.05, 0.1) is 0 Å². The first kappa shape index (κ1) is 10.4. The van der Waals surface area contributed by atoms with Crippen LogP contribution in [0.15, 0.2) is 12.2 Å². The standard InChI is InChI=1S/C5H8O2.C4H8/c6-4-5-2-1-3-7-5;1-3-4-2/h4-5H,1-3H2;3-4H,1-2H3. The van der Waals surface area contributed by atoms with Crippen molar-refractivity contribution < 1.29 is 9.53 Å². The fraction of sp³-hybridized carbons (Fsp3) is 0.667. The lowest BCUT2D eigenvalue weighted by Gasteiger charge is -1.93. The van der Waals surface area contributed by atoms with E-state index in [0.29, 0.717) is 0 Å². The van der Waals surface area contributed by atoms with Crippen LogP contribution in [0.3, 0.4) is 0 Å². The molecule has 1 unspecified atom stereocenters. The Balaban J connectivity index is 0.000000218. The number of carbonyl (C=O) groups excluding carboxylic acids is 1. The van der Waals surface area contributed by atoms with E-state index in [4.69, 9.17) is 4.74 Å². The number of hydrogen-bond donors (Lipinski definition) is 0. The summed E-state index contributed by atoms with van der Waals surface area (Å²) in [5.41, 5.74) is 0. The highest BCUT2D eigenvalue weighted by Crippen LogP contribution is 2.08. The molecule has 0 bridgehead atoms. The fourth-order valence-electron chi connectivity index (χ4n) is 0.710. The molecule has 1 rings (SSSR count). The molecular weight excluding hydrogens is 140 g/mol. The molecule has 0 spiro atoms. The van der Waals surface area contributed by atoms with Crippen LogP contribution in [0.4, 0.5) is 0 Å². The third-order valence-electron chi connectivity index (χ3n) is 1.45. The van der Waals surface area contributed by atoms with Crippen LogP contribution in [0.2, 0.25) is 0 Å². The zero-order valence-corrected chi connectivity index (χ0v) is 7.25. The largest absolute Gasteiger partial charge is 0.371 e. The second-order valence-electron chi connectivity index (χ2n) is 2.35. The Morgan fingerprint density at radius 1 is 1.36 bits per heavy atom. The van der Waals surface area contributed by atoms with E-state index >= 15 is 0 Å². The Hall–Kier alpha value is -0.630. The summed E-state index contributed by atoms with van der Waals surface area (Å²) in [7, 11) is 0. The van der Waals surface area contributed by atoms with Gasteiger partial charge in [0.15, 0.2) is 0 Å². The van der Waals surface area contributed by atoms with Crippen molar-refractivity contribution >= 4 is 6.29 Å². The van der Waals surface area contributed by atoms with Gasteiger partial charge in [-0.1, -0.05) is 12.2 Å². The zero-order valence-electron chi connectivity index (χ0n) is 7.25. The molecule has 0 aliphatic carbocycles. The van der Waals surface area contributed by atoms with E-state index in [-0.39, 0.29) is 6.10 Å². The SMILES string of the molecule is CC=CC.O=CC1CCCO1. The van der Waals surface area contributed by atoms with Crippen LogP contribution in [-0.2, 0) is 9.53 Å². The summed E-state index contributed by atoms with van der Waals surface area (Å²) in [6, 6.07) is 0. The van der Waals surface area contributed by atoms with Gasteiger partial charge < -0.3 is 9.53 Å². The van der Waals surface area contributed by atoms with Gasteiger partial charge in [-0.25, -0.2) is 0 Å². The fourth-order valence-corrected chi connectivity index (χ4v) is 0.710. The van der Waals surface area contributed by atoms with E-state index in [9.17, 15) is 4.79 Å². The average molecular weight is 156 g/mol. The van der Waals surface area contributed by atoms with Crippen molar-refractivity contribution in [2.24, 2.45) is 0 Å². The molecule has 1 heterocycles. The van der Waals surface area contributed by atoms with E-state index < -0.39 is 0 Å². The smallest absolute Gasteiger partial charge is 0.148 e. The quantitative estimate of drug-likeness (QED) is 0.428. The molecule has 11 heavy (non-hydrogen) atoms. The van der Waals surface area contributed by atoms with Crippen molar-refractivity contribution in [3.05, 3.63) is 12.2 Å². The number of hydrogen-bond acceptors (Lipinski definition) is 2. The van der Waals surface area contributed by atoms with Crippen LogP contribution >= 0.6 is 0 Å². The monoisotopic (exact) mass is 156 g/mol. The Morgan fingerprint density at radius 2 is 2.00 bits per heavy atom. The van der Waals surface area contributed by atoms with Crippen molar-refractivity contribution in [2.75, 3.05) is 6.61 Å². The minimum absolute atomic E-state index is 0.0833. The molecule has 1 aliphatic rings. The molecule has 0 aromatic carbocycles. The molecule has 2 nitrogen and oxygen atoms in total. The van der Waals surface area contributed by atoms with E-state index in [1.165, 1.54) is 0 Å². The molecule has 0 N–H and O–H groups in total. The molecular formula is C9H16O2. The minimum atomic E-state index is -0.0833. The van der Waals surface area contributed by atoms with Gasteiger partial charge in [0.2, 0.25) is 0 Å². The molecule has 1 aliphatic heterocycles. The van der Waals surface area contributed by atoms with Crippen LogP contribution in [0.25, 0.3) is 0 Å². The summed E-state index contributed by atoms with van der Waals surface area (Å²) in [5.74, 6) is 0. The number of ether oxygens (including phenoxy) is 1. The Bertz CT molecular complexity index is 109. The maximum Gasteiger partial charge on any atom is 0.148 e. The lowest BCUT2D eigenvalue weighted by molar-refractivity contribution is -0.115. The number of aldehydes is 1. The number of carbonyl (C=O) groups is 1. The summed E-state index contributed by atoms with van der Waals surface area (Å²) < 4.78 is 4.93. The predicted octanol–water partition coefficient (Wildman–Crippen LogP) is 1.95. The number of rotatable bonds is 1. The maximum atomic E-state index is 9.88. The van der Waals surface area contributed by atoms with Gasteiger partial charge in [0.1, 0.15) is 12.4 Å². The van der Waals surface area contributed by atoms with Crippen LogP contribution in [-0.4, -0.2) is 19.0 Å². The van der Waals surface area contributed by atoms with Crippen LogP contribution in [0.1, 0.15) is 26.7 Å². The molecule has 0 amide bonds. The topological polar surface area (TPSA) is 26.3 Å².